The summed E-state index contributed by atoms with van der Waals surface area (Å²) in [6, 6.07) is 7.29. The predicted molar refractivity (Wildman–Crippen MR) is 80.8 cm³/mol. The van der Waals surface area contributed by atoms with Crippen molar-refractivity contribution in [3.05, 3.63) is 34.9 Å². The lowest BCUT2D eigenvalue weighted by Crippen LogP contribution is -2.28. The van der Waals surface area contributed by atoms with E-state index in [1.165, 1.54) is 6.26 Å². The minimum Gasteiger partial charge on any atom is -0.381 e. The minimum absolute atomic E-state index is 0.119. The van der Waals surface area contributed by atoms with E-state index < -0.39 is 20.5 Å². The zero-order chi connectivity index (χ0) is 15.0. The van der Waals surface area contributed by atoms with Crippen LogP contribution in [0.2, 0.25) is 5.02 Å². The molecule has 2 rings (SSSR count). The van der Waals surface area contributed by atoms with Crippen LogP contribution in [-0.2, 0) is 14.6 Å². The number of hydrogen-bond donors (Lipinski definition) is 1. The number of ether oxygens (including phenoxy) is 1. The monoisotopic (exact) mass is 317 g/mol. The minimum atomic E-state index is -3.18. The molecule has 1 saturated carbocycles. The quantitative estimate of drug-likeness (QED) is 0.869. The van der Waals surface area contributed by atoms with Gasteiger partial charge in [0.25, 0.3) is 0 Å². The lowest BCUT2D eigenvalue weighted by molar-refractivity contribution is 0.101. The summed E-state index contributed by atoms with van der Waals surface area (Å²) >= 11 is 5.88. The second-order valence-corrected chi connectivity index (χ2v) is 7.96. The third kappa shape index (κ3) is 2.72. The van der Waals surface area contributed by atoms with E-state index in [1.807, 2.05) is 19.1 Å². The van der Waals surface area contributed by atoms with Crippen LogP contribution < -0.4 is 5.73 Å². The van der Waals surface area contributed by atoms with Crippen molar-refractivity contribution in [3.8, 4) is 0 Å². The molecule has 0 amide bonds. The molecule has 1 aliphatic carbocycles. The SMILES string of the molecule is CCOC[C@@]1(CN)[C@H](S(C)(=O)=O)[C@@H]1c1ccc(Cl)cc1. The van der Waals surface area contributed by atoms with E-state index in [2.05, 4.69) is 0 Å². The first-order valence-electron chi connectivity index (χ1n) is 6.59. The van der Waals surface area contributed by atoms with Gasteiger partial charge < -0.3 is 10.5 Å². The van der Waals surface area contributed by atoms with Gasteiger partial charge in [0.05, 0.1) is 11.9 Å². The van der Waals surface area contributed by atoms with Crippen LogP contribution in [0.5, 0.6) is 0 Å². The zero-order valence-corrected chi connectivity index (χ0v) is 13.2. The zero-order valence-electron chi connectivity index (χ0n) is 11.7. The molecule has 3 atom stereocenters. The third-order valence-corrected chi connectivity index (χ3v) is 5.94. The summed E-state index contributed by atoms with van der Waals surface area (Å²) < 4.78 is 29.6. The Labute approximate surface area is 125 Å². The highest BCUT2D eigenvalue weighted by Gasteiger charge is 2.69. The molecule has 0 aromatic heterocycles. The Morgan fingerprint density at radius 3 is 2.40 bits per heavy atom. The predicted octanol–water partition coefficient (Wildman–Crippen LogP) is 1.83. The first-order valence-corrected chi connectivity index (χ1v) is 8.92. The van der Waals surface area contributed by atoms with Gasteiger partial charge in [-0.15, -0.1) is 0 Å². The maximum atomic E-state index is 12.0. The van der Waals surface area contributed by atoms with E-state index in [9.17, 15) is 8.42 Å². The van der Waals surface area contributed by atoms with Gasteiger partial charge in [-0.1, -0.05) is 23.7 Å². The fourth-order valence-electron chi connectivity index (χ4n) is 3.07. The molecular weight excluding hydrogens is 298 g/mol. The average molecular weight is 318 g/mol. The van der Waals surface area contributed by atoms with Crippen molar-refractivity contribution in [2.45, 2.75) is 18.1 Å². The fourth-order valence-corrected chi connectivity index (χ4v) is 5.20. The third-order valence-electron chi connectivity index (χ3n) is 4.02. The van der Waals surface area contributed by atoms with E-state index >= 15 is 0 Å². The second-order valence-electron chi connectivity index (χ2n) is 5.35. The van der Waals surface area contributed by atoms with Gasteiger partial charge in [-0.05, 0) is 24.6 Å². The average Bonchev–Trinajstić information content (AvgIpc) is 3.07. The van der Waals surface area contributed by atoms with Gasteiger partial charge in [0, 0.05) is 35.8 Å². The van der Waals surface area contributed by atoms with E-state index in [1.54, 1.807) is 12.1 Å². The number of halogens is 1. The Morgan fingerprint density at radius 1 is 1.35 bits per heavy atom. The molecule has 112 valence electrons. The highest BCUT2D eigenvalue weighted by molar-refractivity contribution is 7.91. The van der Waals surface area contributed by atoms with E-state index in [-0.39, 0.29) is 12.5 Å². The summed E-state index contributed by atoms with van der Waals surface area (Å²) in [6.45, 7) is 3.09. The maximum Gasteiger partial charge on any atom is 0.151 e. The Morgan fingerprint density at radius 2 is 1.95 bits per heavy atom. The molecule has 0 bridgehead atoms. The largest absolute Gasteiger partial charge is 0.381 e. The van der Waals surface area contributed by atoms with Gasteiger partial charge in [-0.2, -0.15) is 0 Å². The van der Waals surface area contributed by atoms with Gasteiger partial charge >= 0.3 is 0 Å². The van der Waals surface area contributed by atoms with Crippen molar-refractivity contribution < 1.29 is 13.2 Å². The van der Waals surface area contributed by atoms with Crippen molar-refractivity contribution >= 4 is 21.4 Å². The topological polar surface area (TPSA) is 69.4 Å². The van der Waals surface area contributed by atoms with Gasteiger partial charge in [0.2, 0.25) is 0 Å². The summed E-state index contributed by atoms with van der Waals surface area (Å²) in [4.78, 5) is 0. The van der Waals surface area contributed by atoms with Crippen molar-refractivity contribution in [1.82, 2.24) is 0 Å². The Hall–Kier alpha value is -0.620. The molecule has 0 aliphatic heterocycles. The van der Waals surface area contributed by atoms with Crippen LogP contribution in [0.15, 0.2) is 24.3 Å². The summed E-state index contributed by atoms with van der Waals surface area (Å²) in [7, 11) is -3.18. The molecule has 0 spiro atoms. The number of benzene rings is 1. The number of rotatable bonds is 6. The van der Waals surface area contributed by atoms with Crippen LogP contribution in [0.1, 0.15) is 18.4 Å². The van der Waals surface area contributed by atoms with Crippen LogP contribution in [0.25, 0.3) is 0 Å². The Balaban J connectivity index is 2.36. The molecule has 0 unspecified atom stereocenters. The normalized spacial score (nSPS) is 29.4. The molecule has 1 fully saturated rings. The smallest absolute Gasteiger partial charge is 0.151 e. The lowest BCUT2D eigenvalue weighted by Gasteiger charge is -2.15. The molecule has 0 radical (unpaired) electrons. The summed E-state index contributed by atoms with van der Waals surface area (Å²) in [5.74, 6) is -0.119. The molecule has 20 heavy (non-hydrogen) atoms. The molecule has 0 saturated heterocycles. The molecular formula is C14H20ClNO3S. The molecule has 1 aromatic carbocycles. The first-order chi connectivity index (χ1) is 9.36. The van der Waals surface area contributed by atoms with Crippen LogP contribution in [0, 0.1) is 5.41 Å². The molecule has 6 heteroatoms. The number of sulfone groups is 1. The molecule has 1 aromatic rings. The summed E-state index contributed by atoms with van der Waals surface area (Å²) in [5.41, 5.74) is 6.32. The van der Waals surface area contributed by atoms with E-state index in [0.29, 0.717) is 18.2 Å². The van der Waals surface area contributed by atoms with Crippen molar-refractivity contribution in [3.63, 3.8) is 0 Å². The number of nitrogens with two attached hydrogens (primary N) is 1. The van der Waals surface area contributed by atoms with Gasteiger partial charge in [0.1, 0.15) is 0 Å². The van der Waals surface area contributed by atoms with Gasteiger partial charge in [-0.25, -0.2) is 8.42 Å². The van der Waals surface area contributed by atoms with E-state index in [4.69, 9.17) is 22.1 Å². The lowest BCUT2D eigenvalue weighted by atomic mass is 10.00. The van der Waals surface area contributed by atoms with Crippen LogP contribution in [0.3, 0.4) is 0 Å². The van der Waals surface area contributed by atoms with Crippen molar-refractivity contribution in [2.24, 2.45) is 11.1 Å². The Kier molecular flexibility index (Phi) is 4.44. The van der Waals surface area contributed by atoms with Crippen molar-refractivity contribution in [2.75, 3.05) is 26.0 Å². The van der Waals surface area contributed by atoms with Crippen LogP contribution in [0.4, 0.5) is 0 Å². The highest BCUT2D eigenvalue weighted by atomic mass is 35.5. The van der Waals surface area contributed by atoms with Crippen LogP contribution in [-0.4, -0.2) is 39.7 Å². The van der Waals surface area contributed by atoms with Gasteiger partial charge in [0.15, 0.2) is 9.84 Å². The summed E-state index contributed by atoms with van der Waals surface area (Å²) in [5, 5.41) is 0.154. The van der Waals surface area contributed by atoms with Crippen molar-refractivity contribution in [1.29, 1.82) is 0 Å². The fraction of sp³-hybridized carbons (Fsp3) is 0.571. The van der Waals surface area contributed by atoms with Gasteiger partial charge in [-0.3, -0.25) is 0 Å². The standard InChI is InChI=1S/C14H20ClNO3S/c1-3-19-9-14(8-16)12(13(14)20(2,17)18)10-4-6-11(15)7-5-10/h4-7,12-13H,3,8-9,16H2,1-2H3/t12-,13+,14+/m0/s1. The Bertz CT molecular complexity index is 573. The van der Waals surface area contributed by atoms with Crippen LogP contribution >= 0.6 is 11.6 Å². The summed E-state index contributed by atoms with van der Waals surface area (Å²) in [6.07, 6.45) is 1.27. The highest BCUT2D eigenvalue weighted by Crippen LogP contribution is 2.62. The first kappa shape index (κ1) is 15.8. The number of hydrogen-bond acceptors (Lipinski definition) is 4. The van der Waals surface area contributed by atoms with E-state index in [0.717, 1.165) is 5.56 Å². The molecule has 0 heterocycles. The molecule has 1 aliphatic rings. The molecule has 4 nitrogen and oxygen atoms in total. The molecule has 2 N–H and O–H groups in total. The maximum absolute atomic E-state index is 12.0. The second kappa shape index (κ2) is 5.64.